The van der Waals surface area contributed by atoms with Gasteiger partial charge in [-0.2, -0.15) is 0 Å². The van der Waals surface area contributed by atoms with Crippen LogP contribution in [0.1, 0.15) is 31.4 Å². The lowest BCUT2D eigenvalue weighted by Gasteiger charge is -2.08. The highest BCUT2D eigenvalue weighted by Gasteiger charge is 2.01. The van der Waals surface area contributed by atoms with E-state index >= 15 is 0 Å². The summed E-state index contributed by atoms with van der Waals surface area (Å²) in [7, 11) is 0. The summed E-state index contributed by atoms with van der Waals surface area (Å²) in [6.45, 7) is 5.98. The summed E-state index contributed by atoms with van der Waals surface area (Å²) in [5, 5.41) is 2.87. The Morgan fingerprint density at radius 3 is 2.82 bits per heavy atom. The van der Waals surface area contributed by atoms with E-state index in [1.54, 1.807) is 6.08 Å². The molecule has 1 rings (SSSR count). The Kier molecular flexibility index (Phi) is 4.76. The predicted molar refractivity (Wildman–Crippen MR) is 72.5 cm³/mol. The molecule has 0 fully saturated rings. The summed E-state index contributed by atoms with van der Waals surface area (Å²) >= 11 is 0. The fraction of sp³-hybridized carbons (Fsp3) is 0.357. The van der Waals surface area contributed by atoms with Gasteiger partial charge in [0.2, 0.25) is 5.91 Å². The fourth-order valence-electron chi connectivity index (χ4n) is 1.33. The average Bonchev–Trinajstić information content (AvgIpc) is 2.30. The summed E-state index contributed by atoms with van der Waals surface area (Å²) in [6.07, 6.45) is 4.24. The molecule has 0 aliphatic rings. The molecule has 0 spiro atoms. The first kappa shape index (κ1) is 13.3. The minimum absolute atomic E-state index is 0.0708. The smallest absolute Gasteiger partial charge is 0.244 e. The summed E-state index contributed by atoms with van der Waals surface area (Å²) in [5.74, 6) is -0.0708. The molecule has 0 bridgehead atoms. The van der Waals surface area contributed by atoms with E-state index in [4.69, 9.17) is 5.73 Å². The molecule has 1 aromatic rings. The van der Waals surface area contributed by atoms with Gasteiger partial charge in [-0.25, -0.2) is 0 Å². The molecular formula is C14H20N2O. The number of nitrogen functional groups attached to an aromatic ring is 1. The zero-order valence-electron chi connectivity index (χ0n) is 10.7. The molecule has 0 heterocycles. The van der Waals surface area contributed by atoms with Crippen LogP contribution in [-0.4, -0.2) is 11.9 Å². The van der Waals surface area contributed by atoms with E-state index in [-0.39, 0.29) is 11.9 Å². The van der Waals surface area contributed by atoms with Crippen LogP contribution in [0.25, 0.3) is 6.08 Å². The van der Waals surface area contributed by atoms with Crippen molar-refractivity contribution in [2.75, 3.05) is 5.73 Å². The lowest BCUT2D eigenvalue weighted by molar-refractivity contribution is -0.117. The van der Waals surface area contributed by atoms with E-state index in [1.807, 2.05) is 39.0 Å². The number of hydrogen-bond acceptors (Lipinski definition) is 2. The van der Waals surface area contributed by atoms with Crippen molar-refractivity contribution in [3.63, 3.8) is 0 Å². The van der Waals surface area contributed by atoms with Gasteiger partial charge in [0, 0.05) is 17.8 Å². The van der Waals surface area contributed by atoms with Gasteiger partial charge in [0.25, 0.3) is 0 Å². The number of nitrogens with two attached hydrogens (primary N) is 1. The van der Waals surface area contributed by atoms with Crippen LogP contribution in [0.4, 0.5) is 5.69 Å². The van der Waals surface area contributed by atoms with Crippen LogP contribution < -0.4 is 11.1 Å². The first-order valence-electron chi connectivity index (χ1n) is 5.87. The topological polar surface area (TPSA) is 55.1 Å². The standard InChI is InChI=1S/C14H20N2O/c1-4-11(3)16-14(17)8-7-12-6-5-10(2)13(15)9-12/h5-9,11H,4,15H2,1-3H3,(H,16,17)/b8-7+. The third-order valence-electron chi connectivity index (χ3n) is 2.73. The van der Waals surface area contributed by atoms with Crippen molar-refractivity contribution < 1.29 is 4.79 Å². The van der Waals surface area contributed by atoms with Gasteiger partial charge in [-0.05, 0) is 43.5 Å². The lowest BCUT2D eigenvalue weighted by Crippen LogP contribution is -2.30. The molecule has 17 heavy (non-hydrogen) atoms. The number of nitrogens with one attached hydrogen (secondary N) is 1. The van der Waals surface area contributed by atoms with Crippen molar-refractivity contribution in [3.05, 3.63) is 35.4 Å². The van der Waals surface area contributed by atoms with Gasteiger partial charge in [-0.3, -0.25) is 4.79 Å². The van der Waals surface area contributed by atoms with Gasteiger partial charge >= 0.3 is 0 Å². The Labute approximate surface area is 103 Å². The molecule has 1 amide bonds. The number of carbonyl (C=O) groups excluding carboxylic acids is 1. The van der Waals surface area contributed by atoms with Crippen LogP contribution in [0.3, 0.4) is 0 Å². The summed E-state index contributed by atoms with van der Waals surface area (Å²) in [4.78, 5) is 11.5. The second-order valence-electron chi connectivity index (χ2n) is 4.27. The van der Waals surface area contributed by atoms with E-state index in [0.29, 0.717) is 0 Å². The number of rotatable bonds is 4. The van der Waals surface area contributed by atoms with Gasteiger partial charge in [0.1, 0.15) is 0 Å². The van der Waals surface area contributed by atoms with Crippen molar-refractivity contribution in [2.24, 2.45) is 0 Å². The second kappa shape index (κ2) is 6.09. The number of amides is 1. The average molecular weight is 232 g/mol. The molecule has 0 radical (unpaired) electrons. The SMILES string of the molecule is CCC(C)NC(=O)/C=C/c1ccc(C)c(N)c1. The van der Waals surface area contributed by atoms with E-state index < -0.39 is 0 Å². The summed E-state index contributed by atoms with van der Waals surface area (Å²) < 4.78 is 0. The van der Waals surface area contributed by atoms with Crippen molar-refractivity contribution in [3.8, 4) is 0 Å². The van der Waals surface area contributed by atoms with Crippen LogP contribution in [-0.2, 0) is 4.79 Å². The molecule has 0 saturated carbocycles. The normalized spacial score (nSPS) is 12.6. The summed E-state index contributed by atoms with van der Waals surface area (Å²) in [5.41, 5.74) is 8.52. The van der Waals surface area contributed by atoms with Crippen molar-refractivity contribution in [2.45, 2.75) is 33.2 Å². The zero-order chi connectivity index (χ0) is 12.8. The molecule has 92 valence electrons. The molecule has 3 heteroatoms. The third kappa shape index (κ3) is 4.31. The maximum Gasteiger partial charge on any atom is 0.244 e. The van der Waals surface area contributed by atoms with Gasteiger partial charge in [-0.1, -0.05) is 19.1 Å². The minimum Gasteiger partial charge on any atom is -0.398 e. The van der Waals surface area contributed by atoms with E-state index in [9.17, 15) is 4.79 Å². The molecule has 0 saturated heterocycles. The minimum atomic E-state index is -0.0708. The highest BCUT2D eigenvalue weighted by molar-refractivity contribution is 5.92. The van der Waals surface area contributed by atoms with Crippen molar-refractivity contribution >= 4 is 17.7 Å². The largest absolute Gasteiger partial charge is 0.398 e. The molecule has 1 aromatic carbocycles. The molecule has 3 nitrogen and oxygen atoms in total. The molecular weight excluding hydrogens is 212 g/mol. The van der Waals surface area contributed by atoms with E-state index in [2.05, 4.69) is 5.32 Å². The second-order valence-corrected chi connectivity index (χ2v) is 4.27. The highest BCUT2D eigenvalue weighted by atomic mass is 16.1. The van der Waals surface area contributed by atoms with Crippen LogP contribution >= 0.6 is 0 Å². The number of hydrogen-bond donors (Lipinski definition) is 2. The third-order valence-corrected chi connectivity index (χ3v) is 2.73. The lowest BCUT2D eigenvalue weighted by atomic mass is 10.1. The molecule has 0 aromatic heterocycles. The van der Waals surface area contributed by atoms with Crippen LogP contribution in [0.5, 0.6) is 0 Å². The Morgan fingerprint density at radius 1 is 1.53 bits per heavy atom. The molecule has 1 atom stereocenters. The molecule has 0 aliphatic carbocycles. The fourth-order valence-corrected chi connectivity index (χ4v) is 1.33. The number of benzene rings is 1. The predicted octanol–water partition coefficient (Wildman–Crippen LogP) is 2.51. The Morgan fingerprint density at radius 2 is 2.24 bits per heavy atom. The zero-order valence-corrected chi connectivity index (χ0v) is 10.7. The first-order chi connectivity index (χ1) is 8.02. The Balaban J connectivity index is 2.64. The molecule has 1 unspecified atom stereocenters. The van der Waals surface area contributed by atoms with Crippen molar-refractivity contribution in [1.82, 2.24) is 5.32 Å². The number of aryl methyl sites for hydroxylation is 1. The number of anilines is 1. The first-order valence-corrected chi connectivity index (χ1v) is 5.87. The van der Waals surface area contributed by atoms with E-state index in [1.165, 1.54) is 6.08 Å². The van der Waals surface area contributed by atoms with Gasteiger partial charge in [0.05, 0.1) is 0 Å². The maximum absolute atomic E-state index is 11.5. The summed E-state index contributed by atoms with van der Waals surface area (Å²) in [6, 6.07) is 5.96. The van der Waals surface area contributed by atoms with E-state index in [0.717, 1.165) is 23.2 Å². The highest BCUT2D eigenvalue weighted by Crippen LogP contribution is 2.13. The van der Waals surface area contributed by atoms with Gasteiger partial charge in [0.15, 0.2) is 0 Å². The molecule has 3 N–H and O–H groups in total. The Bertz CT molecular complexity index is 424. The van der Waals surface area contributed by atoms with Gasteiger partial charge in [-0.15, -0.1) is 0 Å². The van der Waals surface area contributed by atoms with Crippen LogP contribution in [0.2, 0.25) is 0 Å². The number of carbonyl (C=O) groups is 1. The molecule has 0 aliphatic heterocycles. The monoisotopic (exact) mass is 232 g/mol. The quantitative estimate of drug-likeness (QED) is 0.619. The van der Waals surface area contributed by atoms with Crippen molar-refractivity contribution in [1.29, 1.82) is 0 Å². The Hall–Kier alpha value is -1.77. The van der Waals surface area contributed by atoms with Crippen LogP contribution in [0.15, 0.2) is 24.3 Å². The maximum atomic E-state index is 11.5. The van der Waals surface area contributed by atoms with Gasteiger partial charge < -0.3 is 11.1 Å². The van der Waals surface area contributed by atoms with Crippen LogP contribution in [0, 0.1) is 6.92 Å².